The van der Waals surface area contributed by atoms with Crippen molar-refractivity contribution in [3.63, 3.8) is 0 Å². The van der Waals surface area contributed by atoms with Crippen molar-refractivity contribution in [1.82, 2.24) is 0 Å². The molecule has 1 aromatic rings. The van der Waals surface area contributed by atoms with Crippen molar-refractivity contribution in [2.45, 2.75) is 77.7 Å². The molecule has 0 aliphatic rings. The molecule has 1 rings (SSSR count). The first-order valence-corrected chi connectivity index (χ1v) is 8.45. The maximum atomic E-state index is 8.70. The van der Waals surface area contributed by atoms with Crippen molar-refractivity contribution >= 4 is 0 Å². The van der Waals surface area contributed by atoms with Gasteiger partial charge in [-0.1, -0.05) is 45.4 Å². The first-order valence-electron chi connectivity index (χ1n) is 8.45. The van der Waals surface area contributed by atoms with E-state index in [1.54, 1.807) is 0 Å². The zero-order valence-corrected chi connectivity index (χ0v) is 13.2. The van der Waals surface area contributed by atoms with Crippen LogP contribution in [0.25, 0.3) is 0 Å². The van der Waals surface area contributed by atoms with Crippen LogP contribution >= 0.6 is 0 Å². The normalized spacial score (nSPS) is 10.9. The van der Waals surface area contributed by atoms with Crippen molar-refractivity contribution in [2.75, 3.05) is 6.61 Å². The minimum Gasteiger partial charge on any atom is -0.396 e. The molecule has 0 amide bonds. The first kappa shape index (κ1) is 17.2. The second-order valence-electron chi connectivity index (χ2n) is 5.75. The number of pyridine rings is 1. The van der Waals surface area contributed by atoms with Gasteiger partial charge in [0.2, 0.25) is 0 Å². The van der Waals surface area contributed by atoms with Gasteiger partial charge in [-0.25, -0.2) is 4.57 Å². The average molecular weight is 278 g/mol. The fourth-order valence-corrected chi connectivity index (χ4v) is 2.62. The Bertz CT molecular complexity index is 338. The van der Waals surface area contributed by atoms with Crippen LogP contribution in [0.2, 0.25) is 0 Å². The van der Waals surface area contributed by atoms with E-state index in [1.807, 2.05) is 0 Å². The Kier molecular flexibility index (Phi) is 10.2. The minimum absolute atomic E-state index is 0.355. The molecule has 20 heavy (non-hydrogen) atoms. The number of aryl methyl sites for hydroxylation is 2. The van der Waals surface area contributed by atoms with Crippen LogP contribution in [-0.2, 0) is 13.0 Å². The lowest BCUT2D eigenvalue weighted by molar-refractivity contribution is -0.697. The maximum Gasteiger partial charge on any atom is 0.171 e. The van der Waals surface area contributed by atoms with Crippen molar-refractivity contribution in [3.05, 3.63) is 30.1 Å². The number of hydrogen-bond donors (Lipinski definition) is 1. The van der Waals surface area contributed by atoms with Crippen molar-refractivity contribution in [3.8, 4) is 0 Å². The molecule has 0 fully saturated rings. The Morgan fingerprint density at radius 1 is 0.950 bits per heavy atom. The van der Waals surface area contributed by atoms with Crippen LogP contribution in [0.3, 0.4) is 0 Å². The zero-order chi connectivity index (χ0) is 14.5. The summed E-state index contributed by atoms with van der Waals surface area (Å²) in [7, 11) is 0. The van der Waals surface area contributed by atoms with Crippen LogP contribution in [0.15, 0.2) is 24.5 Å². The van der Waals surface area contributed by atoms with Gasteiger partial charge in [-0.2, -0.15) is 0 Å². The van der Waals surface area contributed by atoms with Gasteiger partial charge in [0.05, 0.1) is 0 Å². The molecule has 1 aromatic heterocycles. The van der Waals surface area contributed by atoms with E-state index in [2.05, 4.69) is 36.0 Å². The molecular formula is C18H32NO+. The van der Waals surface area contributed by atoms with E-state index in [9.17, 15) is 0 Å². The van der Waals surface area contributed by atoms with Crippen molar-refractivity contribution in [1.29, 1.82) is 0 Å². The summed E-state index contributed by atoms with van der Waals surface area (Å²) in [5, 5.41) is 8.70. The lowest BCUT2D eigenvalue weighted by Gasteiger charge is -2.02. The summed E-state index contributed by atoms with van der Waals surface area (Å²) in [5.41, 5.74) is 1.46. The maximum absolute atomic E-state index is 8.70. The van der Waals surface area contributed by atoms with E-state index < -0.39 is 0 Å². The van der Waals surface area contributed by atoms with Gasteiger partial charge in [0.15, 0.2) is 12.4 Å². The monoisotopic (exact) mass is 278 g/mol. The van der Waals surface area contributed by atoms with E-state index in [0.717, 1.165) is 13.0 Å². The Labute approximate surface area is 124 Å². The second-order valence-corrected chi connectivity index (χ2v) is 5.75. The molecule has 0 radical (unpaired) electrons. The highest BCUT2D eigenvalue weighted by Crippen LogP contribution is 2.08. The highest BCUT2D eigenvalue weighted by atomic mass is 16.2. The van der Waals surface area contributed by atoms with E-state index in [-0.39, 0.29) is 0 Å². The fraction of sp³-hybridized carbons (Fsp3) is 0.722. The summed E-state index contributed by atoms with van der Waals surface area (Å²) in [6.45, 7) is 3.74. The zero-order valence-electron chi connectivity index (χ0n) is 13.2. The van der Waals surface area contributed by atoms with Crippen LogP contribution in [0.5, 0.6) is 0 Å². The quantitative estimate of drug-likeness (QED) is 0.453. The van der Waals surface area contributed by atoms with Crippen LogP contribution in [0.4, 0.5) is 0 Å². The summed E-state index contributed by atoms with van der Waals surface area (Å²) in [6.07, 6.45) is 17.0. The predicted octanol–water partition coefficient (Wildman–Crippen LogP) is 4.04. The third-order valence-electron chi connectivity index (χ3n) is 3.78. The fourth-order valence-electron chi connectivity index (χ4n) is 2.62. The standard InChI is InChI=1S/C18H32NO/c1-2-12-18-13-11-15-19(17-18)14-9-7-5-3-4-6-8-10-16-20/h11,13,15,17,20H,2-10,12,14,16H2,1H3/q+1. The smallest absolute Gasteiger partial charge is 0.171 e. The molecule has 0 aromatic carbocycles. The highest BCUT2D eigenvalue weighted by Gasteiger charge is 2.02. The van der Waals surface area contributed by atoms with E-state index >= 15 is 0 Å². The molecule has 0 aliphatic heterocycles. The molecule has 0 unspecified atom stereocenters. The van der Waals surface area contributed by atoms with Gasteiger partial charge in [0, 0.05) is 24.7 Å². The molecule has 114 valence electrons. The van der Waals surface area contributed by atoms with Gasteiger partial charge in [0.25, 0.3) is 0 Å². The van der Waals surface area contributed by atoms with E-state index in [1.165, 1.54) is 63.4 Å². The Morgan fingerprint density at radius 3 is 2.25 bits per heavy atom. The largest absolute Gasteiger partial charge is 0.396 e. The number of rotatable bonds is 12. The average Bonchev–Trinajstić information content (AvgIpc) is 2.46. The number of aromatic nitrogens is 1. The van der Waals surface area contributed by atoms with E-state index in [0.29, 0.717) is 6.61 Å². The van der Waals surface area contributed by atoms with Gasteiger partial charge < -0.3 is 5.11 Å². The molecule has 0 saturated heterocycles. The molecule has 0 saturated carbocycles. The van der Waals surface area contributed by atoms with Crippen molar-refractivity contribution < 1.29 is 9.67 Å². The molecule has 0 spiro atoms. The van der Waals surface area contributed by atoms with Gasteiger partial charge in [-0.05, 0) is 25.3 Å². The summed E-state index contributed by atoms with van der Waals surface area (Å²) >= 11 is 0. The molecule has 2 nitrogen and oxygen atoms in total. The third kappa shape index (κ3) is 8.31. The Morgan fingerprint density at radius 2 is 1.60 bits per heavy atom. The van der Waals surface area contributed by atoms with Gasteiger partial charge in [0.1, 0.15) is 6.54 Å². The molecule has 1 heterocycles. The summed E-state index contributed by atoms with van der Waals surface area (Å²) in [5.74, 6) is 0. The van der Waals surface area contributed by atoms with Gasteiger partial charge in [-0.15, -0.1) is 0 Å². The number of nitrogens with zero attached hydrogens (tertiary/aromatic N) is 1. The van der Waals surface area contributed by atoms with Gasteiger partial charge in [-0.3, -0.25) is 0 Å². The predicted molar refractivity (Wildman–Crippen MR) is 84.7 cm³/mol. The summed E-state index contributed by atoms with van der Waals surface area (Å²) < 4.78 is 2.34. The second kappa shape index (κ2) is 11.9. The van der Waals surface area contributed by atoms with Crippen molar-refractivity contribution in [2.24, 2.45) is 0 Å². The number of aliphatic hydroxyl groups excluding tert-OH is 1. The molecule has 0 bridgehead atoms. The lowest BCUT2D eigenvalue weighted by Crippen LogP contribution is -2.33. The number of hydrogen-bond acceptors (Lipinski definition) is 1. The Hall–Kier alpha value is -0.890. The molecule has 2 heteroatoms. The first-order chi connectivity index (χ1) is 9.86. The Balaban J connectivity index is 2.02. The molecule has 1 N–H and O–H groups in total. The molecule has 0 aliphatic carbocycles. The van der Waals surface area contributed by atoms with Gasteiger partial charge >= 0.3 is 0 Å². The van der Waals surface area contributed by atoms with Crippen LogP contribution < -0.4 is 4.57 Å². The van der Waals surface area contributed by atoms with Crippen LogP contribution in [0.1, 0.15) is 70.3 Å². The van der Waals surface area contributed by atoms with Crippen LogP contribution in [-0.4, -0.2) is 11.7 Å². The van der Waals surface area contributed by atoms with E-state index in [4.69, 9.17) is 5.11 Å². The minimum atomic E-state index is 0.355. The summed E-state index contributed by atoms with van der Waals surface area (Å²) in [6, 6.07) is 4.40. The van der Waals surface area contributed by atoms with Crippen LogP contribution in [0, 0.1) is 0 Å². The number of aliphatic hydroxyl groups is 1. The topological polar surface area (TPSA) is 24.1 Å². The molecule has 0 atom stereocenters. The molecular weight excluding hydrogens is 246 g/mol. The lowest BCUT2D eigenvalue weighted by atomic mass is 10.1. The summed E-state index contributed by atoms with van der Waals surface area (Å²) in [4.78, 5) is 0. The third-order valence-corrected chi connectivity index (χ3v) is 3.78. The highest BCUT2D eigenvalue weighted by molar-refractivity contribution is 5.04. The SMILES string of the molecule is CCCc1ccc[n+](CCCCCCCCCCO)c1. The number of unbranched alkanes of at least 4 members (excludes halogenated alkanes) is 7.